The first kappa shape index (κ1) is 10.4. The van der Waals surface area contributed by atoms with Crippen LogP contribution in [-0.4, -0.2) is 21.2 Å². The molecule has 0 spiro atoms. The van der Waals surface area contributed by atoms with Gasteiger partial charge in [-0.2, -0.15) is 0 Å². The fraction of sp³-hybridized carbons (Fsp3) is 0.167. The van der Waals surface area contributed by atoms with Gasteiger partial charge in [0.1, 0.15) is 5.82 Å². The van der Waals surface area contributed by atoms with Gasteiger partial charge in [0.25, 0.3) is 0 Å². The first-order chi connectivity index (χ1) is 7.88. The summed E-state index contributed by atoms with van der Waals surface area (Å²) in [7, 11) is 0. The molecule has 0 bridgehead atoms. The van der Waals surface area contributed by atoms with Crippen LogP contribution in [0.1, 0.15) is 21.9 Å². The smallest absolute Gasteiger partial charge is 0.153 e. The maximum atomic E-state index is 10.4. The van der Waals surface area contributed by atoms with E-state index in [0.29, 0.717) is 5.56 Å². The van der Waals surface area contributed by atoms with Crippen molar-refractivity contribution in [1.82, 2.24) is 15.0 Å². The van der Waals surface area contributed by atoms with E-state index in [9.17, 15) is 4.79 Å². The molecular weight excluding hydrogens is 202 g/mol. The van der Waals surface area contributed by atoms with Crippen molar-refractivity contribution in [2.45, 2.75) is 12.8 Å². The molecule has 0 aliphatic rings. The number of nitrogens with zero attached hydrogens (tertiary/aromatic N) is 3. The SMILES string of the molecule is O=Cc1cnc(CCc2ccccn2)nc1. The van der Waals surface area contributed by atoms with Crippen LogP contribution in [0.5, 0.6) is 0 Å². The monoisotopic (exact) mass is 213 g/mol. The quantitative estimate of drug-likeness (QED) is 0.722. The van der Waals surface area contributed by atoms with Crippen molar-refractivity contribution in [3.63, 3.8) is 0 Å². The predicted octanol–water partition coefficient (Wildman–Crippen LogP) is 1.47. The minimum atomic E-state index is 0.501. The minimum absolute atomic E-state index is 0.501. The Morgan fingerprint density at radius 3 is 2.50 bits per heavy atom. The average molecular weight is 213 g/mol. The van der Waals surface area contributed by atoms with E-state index in [1.165, 1.54) is 12.4 Å². The second kappa shape index (κ2) is 5.11. The lowest BCUT2D eigenvalue weighted by Gasteiger charge is -1.99. The van der Waals surface area contributed by atoms with Gasteiger partial charge in [-0.15, -0.1) is 0 Å². The molecular formula is C12H11N3O. The van der Waals surface area contributed by atoms with E-state index in [-0.39, 0.29) is 0 Å². The average Bonchev–Trinajstić information content (AvgIpc) is 2.38. The Morgan fingerprint density at radius 2 is 1.88 bits per heavy atom. The van der Waals surface area contributed by atoms with Gasteiger partial charge >= 0.3 is 0 Å². The third kappa shape index (κ3) is 2.70. The van der Waals surface area contributed by atoms with Crippen molar-refractivity contribution in [3.8, 4) is 0 Å². The molecule has 0 saturated carbocycles. The van der Waals surface area contributed by atoms with Crippen LogP contribution in [0, 0.1) is 0 Å². The number of aldehydes is 1. The molecule has 4 nitrogen and oxygen atoms in total. The van der Waals surface area contributed by atoms with Crippen molar-refractivity contribution >= 4 is 6.29 Å². The number of carbonyl (C=O) groups excluding carboxylic acids is 1. The largest absolute Gasteiger partial charge is 0.298 e. The van der Waals surface area contributed by atoms with Gasteiger partial charge < -0.3 is 0 Å². The highest BCUT2D eigenvalue weighted by molar-refractivity contribution is 5.73. The highest BCUT2D eigenvalue weighted by Crippen LogP contribution is 2.00. The van der Waals surface area contributed by atoms with Crippen LogP contribution < -0.4 is 0 Å². The molecule has 2 aromatic rings. The van der Waals surface area contributed by atoms with Crippen LogP contribution in [0.15, 0.2) is 36.8 Å². The van der Waals surface area contributed by atoms with Crippen molar-refractivity contribution in [2.75, 3.05) is 0 Å². The standard InChI is InChI=1S/C12H11N3O/c16-9-10-7-14-12(15-8-10)5-4-11-3-1-2-6-13-11/h1-3,6-9H,4-5H2. The molecule has 2 rings (SSSR count). The normalized spacial score (nSPS) is 10.0. The highest BCUT2D eigenvalue weighted by Gasteiger charge is 1.99. The van der Waals surface area contributed by atoms with Crippen LogP contribution in [0.3, 0.4) is 0 Å². The van der Waals surface area contributed by atoms with Gasteiger partial charge in [0.15, 0.2) is 6.29 Å². The number of pyridine rings is 1. The van der Waals surface area contributed by atoms with Gasteiger partial charge in [-0.05, 0) is 18.6 Å². The number of aryl methyl sites for hydroxylation is 2. The number of aromatic nitrogens is 3. The van der Waals surface area contributed by atoms with Crippen LogP contribution in [0.2, 0.25) is 0 Å². The Morgan fingerprint density at radius 1 is 1.06 bits per heavy atom. The molecule has 0 aliphatic carbocycles. The van der Waals surface area contributed by atoms with Crippen LogP contribution in [0.4, 0.5) is 0 Å². The second-order valence-electron chi connectivity index (χ2n) is 3.37. The van der Waals surface area contributed by atoms with Gasteiger partial charge in [-0.3, -0.25) is 9.78 Å². The molecule has 0 radical (unpaired) electrons. The first-order valence-corrected chi connectivity index (χ1v) is 5.04. The van der Waals surface area contributed by atoms with Crippen molar-refractivity contribution in [2.24, 2.45) is 0 Å². The number of hydrogen-bond acceptors (Lipinski definition) is 4. The molecule has 0 atom stereocenters. The molecule has 16 heavy (non-hydrogen) atoms. The Bertz CT molecular complexity index is 453. The third-order valence-electron chi connectivity index (χ3n) is 2.19. The van der Waals surface area contributed by atoms with E-state index in [2.05, 4.69) is 15.0 Å². The summed E-state index contributed by atoms with van der Waals surface area (Å²) in [6, 6.07) is 5.82. The lowest BCUT2D eigenvalue weighted by molar-refractivity contribution is 0.112. The second-order valence-corrected chi connectivity index (χ2v) is 3.37. The summed E-state index contributed by atoms with van der Waals surface area (Å²) in [5, 5.41) is 0. The predicted molar refractivity (Wildman–Crippen MR) is 59.1 cm³/mol. The lowest BCUT2D eigenvalue weighted by atomic mass is 10.2. The molecule has 80 valence electrons. The van der Waals surface area contributed by atoms with Crippen molar-refractivity contribution in [3.05, 3.63) is 53.9 Å². The van der Waals surface area contributed by atoms with E-state index in [0.717, 1.165) is 30.6 Å². The van der Waals surface area contributed by atoms with E-state index >= 15 is 0 Å². The van der Waals surface area contributed by atoms with Gasteiger partial charge in [0.05, 0.1) is 5.56 Å². The summed E-state index contributed by atoms with van der Waals surface area (Å²) in [5.74, 6) is 0.733. The fourth-order valence-electron chi connectivity index (χ4n) is 1.34. The molecule has 0 N–H and O–H groups in total. The first-order valence-electron chi connectivity index (χ1n) is 5.04. The summed E-state index contributed by atoms with van der Waals surface area (Å²) in [6.45, 7) is 0. The topological polar surface area (TPSA) is 55.7 Å². The molecule has 4 heteroatoms. The zero-order valence-corrected chi connectivity index (χ0v) is 8.71. The highest BCUT2D eigenvalue weighted by atomic mass is 16.1. The summed E-state index contributed by atoms with van der Waals surface area (Å²) in [4.78, 5) is 22.8. The van der Waals surface area contributed by atoms with Gasteiger partial charge in [0, 0.05) is 30.7 Å². The zero-order chi connectivity index (χ0) is 11.2. The van der Waals surface area contributed by atoms with E-state index in [1.54, 1.807) is 6.20 Å². The molecule has 0 aromatic carbocycles. The number of carbonyl (C=O) groups is 1. The fourth-order valence-corrected chi connectivity index (χ4v) is 1.34. The zero-order valence-electron chi connectivity index (χ0n) is 8.71. The van der Waals surface area contributed by atoms with Crippen LogP contribution >= 0.6 is 0 Å². The summed E-state index contributed by atoms with van der Waals surface area (Å²) < 4.78 is 0. The maximum Gasteiger partial charge on any atom is 0.153 e. The Balaban J connectivity index is 1.97. The van der Waals surface area contributed by atoms with Gasteiger partial charge in [0.2, 0.25) is 0 Å². The van der Waals surface area contributed by atoms with Crippen LogP contribution in [-0.2, 0) is 12.8 Å². The molecule has 0 amide bonds. The van der Waals surface area contributed by atoms with Crippen LogP contribution in [0.25, 0.3) is 0 Å². The molecule has 2 heterocycles. The third-order valence-corrected chi connectivity index (χ3v) is 2.19. The summed E-state index contributed by atoms with van der Waals surface area (Å²) in [5.41, 5.74) is 1.52. The number of rotatable bonds is 4. The van der Waals surface area contributed by atoms with Crippen molar-refractivity contribution < 1.29 is 4.79 Å². The molecule has 2 aromatic heterocycles. The Hall–Kier alpha value is -2.10. The van der Waals surface area contributed by atoms with E-state index in [1.807, 2.05) is 18.2 Å². The maximum absolute atomic E-state index is 10.4. The Labute approximate surface area is 93.4 Å². The summed E-state index contributed by atoms with van der Waals surface area (Å²) >= 11 is 0. The number of hydrogen-bond donors (Lipinski definition) is 0. The van der Waals surface area contributed by atoms with E-state index < -0.39 is 0 Å². The van der Waals surface area contributed by atoms with E-state index in [4.69, 9.17) is 0 Å². The molecule has 0 fully saturated rings. The van der Waals surface area contributed by atoms with Crippen molar-refractivity contribution in [1.29, 1.82) is 0 Å². The van der Waals surface area contributed by atoms with Gasteiger partial charge in [-0.1, -0.05) is 6.07 Å². The molecule has 0 saturated heterocycles. The minimum Gasteiger partial charge on any atom is -0.298 e. The molecule has 0 aliphatic heterocycles. The van der Waals surface area contributed by atoms with Gasteiger partial charge in [-0.25, -0.2) is 9.97 Å². The molecule has 0 unspecified atom stereocenters. The lowest BCUT2D eigenvalue weighted by Crippen LogP contribution is -1.99. The summed E-state index contributed by atoms with van der Waals surface area (Å²) in [6.07, 6.45) is 7.12. The Kier molecular flexibility index (Phi) is 3.33.